The Morgan fingerprint density at radius 2 is 1.27 bits per heavy atom. The number of aliphatic hydroxyl groups is 1. The van der Waals surface area contributed by atoms with Crippen LogP contribution in [0.4, 0.5) is 0 Å². The van der Waals surface area contributed by atoms with Crippen LogP contribution in [0.5, 0.6) is 5.75 Å². The van der Waals surface area contributed by atoms with Crippen molar-refractivity contribution >= 4 is 0 Å². The van der Waals surface area contributed by atoms with Gasteiger partial charge in [-0.25, -0.2) is 0 Å². The van der Waals surface area contributed by atoms with Gasteiger partial charge in [0.1, 0.15) is 5.75 Å². The molecule has 3 rings (SSSR count). The lowest BCUT2D eigenvalue weighted by Gasteiger charge is -2.40. The second-order valence-corrected chi connectivity index (χ2v) is 6.36. The summed E-state index contributed by atoms with van der Waals surface area (Å²) >= 11 is 0. The van der Waals surface area contributed by atoms with Crippen molar-refractivity contribution in [3.63, 3.8) is 0 Å². The summed E-state index contributed by atoms with van der Waals surface area (Å²) in [7, 11) is 1.65. The zero-order valence-corrected chi connectivity index (χ0v) is 15.0. The lowest BCUT2D eigenvalue weighted by atomic mass is 9.65. The Morgan fingerprint density at radius 3 is 1.69 bits per heavy atom. The normalized spacial score (nSPS) is 12.6. The highest BCUT2D eigenvalue weighted by Gasteiger charge is 2.42. The molecule has 0 heterocycles. The van der Waals surface area contributed by atoms with E-state index in [-0.39, 0.29) is 0 Å². The van der Waals surface area contributed by atoms with Crippen LogP contribution in [0.15, 0.2) is 84.9 Å². The lowest BCUT2D eigenvalue weighted by molar-refractivity contribution is 0.114. The molecular formula is C23H25NO2. The maximum absolute atomic E-state index is 11.3. The number of nitrogens with two attached hydrogens (primary N) is 1. The van der Waals surface area contributed by atoms with Crippen molar-refractivity contribution in [1.29, 1.82) is 0 Å². The molecule has 134 valence electrons. The first-order chi connectivity index (χ1) is 12.7. The van der Waals surface area contributed by atoms with Crippen LogP contribution in [0.2, 0.25) is 0 Å². The SMILES string of the molecule is COc1ccc(C(c2ccccc2)(c2ccccc2)C(O)CCN)cc1. The van der Waals surface area contributed by atoms with Crippen LogP contribution in [0, 0.1) is 0 Å². The van der Waals surface area contributed by atoms with Crippen molar-refractivity contribution in [3.8, 4) is 5.75 Å². The molecule has 0 aromatic heterocycles. The van der Waals surface area contributed by atoms with E-state index in [1.165, 1.54) is 0 Å². The third-order valence-corrected chi connectivity index (χ3v) is 4.94. The number of hydrogen-bond donors (Lipinski definition) is 2. The standard InChI is InChI=1S/C23H25NO2/c1-26-21-14-12-20(13-15-21)23(22(25)16-17-24,18-8-4-2-5-9-18)19-10-6-3-7-11-19/h2-15,22,25H,16-17,24H2,1H3. The van der Waals surface area contributed by atoms with Gasteiger partial charge in [0.05, 0.1) is 18.6 Å². The Hall–Kier alpha value is -2.62. The van der Waals surface area contributed by atoms with E-state index in [1.54, 1.807) is 7.11 Å². The second kappa shape index (κ2) is 8.17. The highest BCUT2D eigenvalue weighted by molar-refractivity contribution is 5.52. The van der Waals surface area contributed by atoms with Crippen LogP contribution in [-0.2, 0) is 5.41 Å². The van der Waals surface area contributed by atoms with E-state index in [0.29, 0.717) is 13.0 Å². The predicted molar refractivity (Wildman–Crippen MR) is 105 cm³/mol. The fourth-order valence-electron chi connectivity index (χ4n) is 3.71. The molecule has 0 amide bonds. The van der Waals surface area contributed by atoms with Gasteiger partial charge >= 0.3 is 0 Å². The number of hydrogen-bond acceptors (Lipinski definition) is 3. The van der Waals surface area contributed by atoms with E-state index in [0.717, 1.165) is 22.4 Å². The largest absolute Gasteiger partial charge is 0.497 e. The van der Waals surface area contributed by atoms with Gasteiger partial charge in [-0.15, -0.1) is 0 Å². The minimum absolute atomic E-state index is 0.415. The zero-order valence-electron chi connectivity index (χ0n) is 15.0. The summed E-state index contributed by atoms with van der Waals surface area (Å²) in [4.78, 5) is 0. The average Bonchev–Trinajstić information content (AvgIpc) is 2.71. The molecule has 0 saturated carbocycles. The quantitative estimate of drug-likeness (QED) is 0.640. The van der Waals surface area contributed by atoms with Gasteiger partial charge in [-0.05, 0) is 41.8 Å². The van der Waals surface area contributed by atoms with E-state index in [9.17, 15) is 5.11 Å². The summed E-state index contributed by atoms with van der Waals surface area (Å²) in [5.74, 6) is 0.789. The first-order valence-electron chi connectivity index (χ1n) is 8.87. The molecule has 1 atom stereocenters. The average molecular weight is 347 g/mol. The molecular weight excluding hydrogens is 322 g/mol. The molecule has 0 spiro atoms. The van der Waals surface area contributed by atoms with E-state index in [1.807, 2.05) is 60.7 Å². The molecule has 3 heteroatoms. The molecule has 0 radical (unpaired) electrons. The Balaban J connectivity index is 2.30. The topological polar surface area (TPSA) is 55.5 Å². The summed E-state index contributed by atoms with van der Waals surface area (Å²) in [6.07, 6.45) is -0.166. The van der Waals surface area contributed by atoms with Gasteiger partial charge in [-0.3, -0.25) is 0 Å². The van der Waals surface area contributed by atoms with Gasteiger partial charge in [-0.1, -0.05) is 72.8 Å². The second-order valence-electron chi connectivity index (χ2n) is 6.36. The zero-order chi connectivity index (χ0) is 18.4. The van der Waals surface area contributed by atoms with Gasteiger partial charge in [0.15, 0.2) is 0 Å². The number of methoxy groups -OCH3 is 1. The van der Waals surface area contributed by atoms with Crippen molar-refractivity contribution in [2.75, 3.05) is 13.7 Å². The summed E-state index contributed by atoms with van der Waals surface area (Å²) < 4.78 is 5.32. The fourth-order valence-corrected chi connectivity index (χ4v) is 3.71. The summed E-state index contributed by atoms with van der Waals surface area (Å²) in [5.41, 5.74) is 8.21. The Bertz CT molecular complexity index is 761. The number of ether oxygens (including phenoxy) is 1. The summed E-state index contributed by atoms with van der Waals surface area (Å²) in [5, 5.41) is 11.3. The molecule has 3 N–H and O–H groups in total. The van der Waals surface area contributed by atoms with Crippen LogP contribution < -0.4 is 10.5 Å². The Labute approximate surface area is 155 Å². The van der Waals surface area contributed by atoms with Crippen LogP contribution in [0.1, 0.15) is 23.1 Å². The first kappa shape index (κ1) is 18.2. The first-order valence-corrected chi connectivity index (χ1v) is 8.87. The minimum Gasteiger partial charge on any atom is -0.497 e. The van der Waals surface area contributed by atoms with Gasteiger partial charge < -0.3 is 15.6 Å². The molecule has 1 unspecified atom stereocenters. The maximum atomic E-state index is 11.3. The molecule has 0 fully saturated rings. The molecule has 0 bridgehead atoms. The van der Waals surface area contributed by atoms with Crippen LogP contribution in [0.3, 0.4) is 0 Å². The minimum atomic E-state index is -0.700. The Morgan fingerprint density at radius 1 is 0.808 bits per heavy atom. The molecule has 0 aliphatic carbocycles. The summed E-state index contributed by atoms with van der Waals surface area (Å²) in [6.45, 7) is 0.415. The fraction of sp³-hybridized carbons (Fsp3) is 0.217. The van der Waals surface area contributed by atoms with E-state index in [2.05, 4.69) is 24.3 Å². The van der Waals surface area contributed by atoms with Crippen molar-refractivity contribution in [1.82, 2.24) is 0 Å². The smallest absolute Gasteiger partial charge is 0.118 e. The molecule has 3 aromatic rings. The molecule has 0 aliphatic rings. The Kier molecular flexibility index (Phi) is 5.71. The molecule has 3 nitrogen and oxygen atoms in total. The molecule has 0 aliphatic heterocycles. The highest BCUT2D eigenvalue weighted by Crippen LogP contribution is 2.43. The van der Waals surface area contributed by atoms with Crippen LogP contribution in [0.25, 0.3) is 0 Å². The van der Waals surface area contributed by atoms with E-state index in [4.69, 9.17) is 10.5 Å². The predicted octanol–water partition coefficient (Wildman–Crippen LogP) is 3.74. The maximum Gasteiger partial charge on any atom is 0.118 e. The monoisotopic (exact) mass is 347 g/mol. The van der Waals surface area contributed by atoms with Crippen molar-refractivity contribution in [3.05, 3.63) is 102 Å². The molecule has 26 heavy (non-hydrogen) atoms. The van der Waals surface area contributed by atoms with Crippen molar-refractivity contribution < 1.29 is 9.84 Å². The van der Waals surface area contributed by atoms with E-state index < -0.39 is 11.5 Å². The molecule has 3 aromatic carbocycles. The third kappa shape index (κ3) is 3.24. The lowest BCUT2D eigenvalue weighted by Crippen LogP contribution is -2.43. The van der Waals surface area contributed by atoms with Crippen LogP contribution >= 0.6 is 0 Å². The van der Waals surface area contributed by atoms with E-state index >= 15 is 0 Å². The van der Waals surface area contributed by atoms with Crippen LogP contribution in [-0.4, -0.2) is 24.9 Å². The van der Waals surface area contributed by atoms with Gasteiger partial charge in [0.2, 0.25) is 0 Å². The highest BCUT2D eigenvalue weighted by atomic mass is 16.5. The van der Waals surface area contributed by atoms with Gasteiger partial charge in [0, 0.05) is 0 Å². The number of rotatable bonds is 7. The summed E-state index contributed by atoms with van der Waals surface area (Å²) in [6, 6.07) is 28.2. The van der Waals surface area contributed by atoms with Crippen molar-refractivity contribution in [2.45, 2.75) is 17.9 Å². The molecule has 0 saturated heterocycles. The van der Waals surface area contributed by atoms with Gasteiger partial charge in [0.25, 0.3) is 0 Å². The third-order valence-electron chi connectivity index (χ3n) is 4.94. The number of benzene rings is 3. The number of aliphatic hydroxyl groups excluding tert-OH is 1. The van der Waals surface area contributed by atoms with Crippen molar-refractivity contribution in [2.24, 2.45) is 5.73 Å². The van der Waals surface area contributed by atoms with Gasteiger partial charge in [-0.2, -0.15) is 0 Å².